The van der Waals surface area contributed by atoms with Crippen LogP contribution in [0.5, 0.6) is 5.75 Å². The smallest absolute Gasteiger partial charge is 0.343 e. The number of hydrogen-bond acceptors (Lipinski definition) is 5. The highest BCUT2D eigenvalue weighted by Gasteiger charge is 2.14. The predicted octanol–water partition coefficient (Wildman–Crippen LogP) is 3.15. The molecular formula is C19H16ClNO5. The summed E-state index contributed by atoms with van der Waals surface area (Å²) in [6.07, 6.45) is 1.18. The third-order valence-electron chi connectivity index (χ3n) is 3.40. The zero-order valence-corrected chi connectivity index (χ0v) is 14.7. The Morgan fingerprint density at radius 1 is 1.08 bits per heavy atom. The molecule has 0 heterocycles. The Balaban J connectivity index is 2.04. The zero-order chi connectivity index (χ0) is 19.1. The second-order valence-corrected chi connectivity index (χ2v) is 5.55. The van der Waals surface area contributed by atoms with Crippen LogP contribution < -0.4 is 10.1 Å². The predicted molar refractivity (Wildman–Crippen MR) is 96.2 cm³/mol. The van der Waals surface area contributed by atoms with Gasteiger partial charge in [0.15, 0.2) is 0 Å². The fourth-order valence-corrected chi connectivity index (χ4v) is 2.23. The lowest BCUT2D eigenvalue weighted by atomic mass is 10.1. The van der Waals surface area contributed by atoms with Crippen LogP contribution in [0.15, 0.2) is 55.1 Å². The third-order valence-corrected chi connectivity index (χ3v) is 3.69. The van der Waals surface area contributed by atoms with Crippen LogP contribution in [0.2, 0.25) is 5.02 Å². The van der Waals surface area contributed by atoms with Crippen LogP contribution >= 0.6 is 11.6 Å². The van der Waals surface area contributed by atoms with E-state index in [0.29, 0.717) is 12.1 Å². The van der Waals surface area contributed by atoms with Crippen molar-refractivity contribution in [3.8, 4) is 5.75 Å². The van der Waals surface area contributed by atoms with Crippen LogP contribution in [0.4, 0.5) is 0 Å². The van der Waals surface area contributed by atoms with E-state index in [1.54, 1.807) is 24.3 Å². The molecule has 2 aromatic rings. The minimum atomic E-state index is -0.598. The van der Waals surface area contributed by atoms with E-state index >= 15 is 0 Å². The summed E-state index contributed by atoms with van der Waals surface area (Å²) in [5.74, 6) is -1.28. The van der Waals surface area contributed by atoms with E-state index in [-0.39, 0.29) is 22.2 Å². The lowest BCUT2D eigenvalue weighted by Gasteiger charge is -2.08. The Labute approximate surface area is 155 Å². The molecule has 0 aliphatic heterocycles. The molecule has 0 spiro atoms. The first-order valence-electron chi connectivity index (χ1n) is 7.54. The van der Waals surface area contributed by atoms with Crippen molar-refractivity contribution in [3.63, 3.8) is 0 Å². The third kappa shape index (κ3) is 4.94. The molecule has 26 heavy (non-hydrogen) atoms. The molecule has 2 aromatic carbocycles. The van der Waals surface area contributed by atoms with Gasteiger partial charge in [0.1, 0.15) is 5.75 Å². The number of benzene rings is 2. The summed E-state index contributed by atoms with van der Waals surface area (Å²) in [7, 11) is 1.26. The number of amides is 1. The summed E-state index contributed by atoms with van der Waals surface area (Å²) >= 11 is 6.04. The Morgan fingerprint density at radius 3 is 2.31 bits per heavy atom. The monoisotopic (exact) mass is 373 g/mol. The molecule has 0 atom stereocenters. The van der Waals surface area contributed by atoms with Gasteiger partial charge < -0.3 is 14.8 Å². The van der Waals surface area contributed by atoms with Crippen molar-refractivity contribution >= 4 is 29.4 Å². The zero-order valence-electron chi connectivity index (χ0n) is 14.0. The Morgan fingerprint density at radius 2 is 1.73 bits per heavy atom. The van der Waals surface area contributed by atoms with E-state index in [0.717, 1.165) is 5.56 Å². The van der Waals surface area contributed by atoms with Crippen LogP contribution in [0.25, 0.3) is 0 Å². The number of methoxy groups -OCH3 is 1. The highest BCUT2D eigenvalue weighted by molar-refractivity contribution is 6.32. The average molecular weight is 374 g/mol. The lowest BCUT2D eigenvalue weighted by Crippen LogP contribution is -2.20. The molecule has 1 amide bonds. The Bertz CT molecular complexity index is 846. The van der Waals surface area contributed by atoms with Crippen molar-refractivity contribution in [1.82, 2.24) is 5.32 Å². The van der Waals surface area contributed by atoms with Gasteiger partial charge in [-0.25, -0.2) is 9.59 Å². The number of carbonyl (C=O) groups is 3. The summed E-state index contributed by atoms with van der Waals surface area (Å²) in [5.41, 5.74) is 1.39. The van der Waals surface area contributed by atoms with Gasteiger partial charge >= 0.3 is 11.9 Å². The van der Waals surface area contributed by atoms with Gasteiger partial charge in [0.05, 0.1) is 23.3 Å². The van der Waals surface area contributed by atoms with Gasteiger partial charge in [0.2, 0.25) is 5.91 Å². The van der Waals surface area contributed by atoms with E-state index in [1.165, 1.54) is 31.4 Å². The molecular weight excluding hydrogens is 358 g/mol. The van der Waals surface area contributed by atoms with E-state index < -0.39 is 11.9 Å². The summed E-state index contributed by atoms with van der Waals surface area (Å²) in [6, 6.07) is 10.8. The topological polar surface area (TPSA) is 81.7 Å². The highest BCUT2D eigenvalue weighted by atomic mass is 35.5. The maximum Gasteiger partial charge on any atom is 0.343 e. The second-order valence-electron chi connectivity index (χ2n) is 5.15. The van der Waals surface area contributed by atoms with Crippen LogP contribution in [-0.2, 0) is 16.1 Å². The standard InChI is InChI=1S/C19H16ClNO5/c1-3-17(22)21-11-12-4-6-13(7-5-12)19(24)26-16-9-8-14(10-15(16)20)18(23)25-2/h3-10H,1,11H2,2H3,(H,21,22). The van der Waals surface area contributed by atoms with Crippen LogP contribution in [0.1, 0.15) is 26.3 Å². The molecule has 0 fully saturated rings. The number of halogens is 1. The number of carbonyl (C=O) groups excluding carboxylic acids is 3. The first-order valence-corrected chi connectivity index (χ1v) is 7.91. The van der Waals surface area contributed by atoms with Gasteiger partial charge in [-0.1, -0.05) is 30.3 Å². The van der Waals surface area contributed by atoms with Crippen molar-refractivity contribution in [2.24, 2.45) is 0 Å². The fourth-order valence-electron chi connectivity index (χ4n) is 2.01. The van der Waals surface area contributed by atoms with Gasteiger partial charge in [0.25, 0.3) is 0 Å². The first-order chi connectivity index (χ1) is 12.4. The molecule has 0 aliphatic rings. The van der Waals surface area contributed by atoms with Crippen LogP contribution in [-0.4, -0.2) is 25.0 Å². The molecule has 1 N–H and O–H groups in total. The Kier molecular flexibility index (Phi) is 6.52. The maximum absolute atomic E-state index is 12.2. The lowest BCUT2D eigenvalue weighted by molar-refractivity contribution is -0.116. The van der Waals surface area contributed by atoms with Gasteiger partial charge in [-0.3, -0.25) is 4.79 Å². The van der Waals surface area contributed by atoms with Gasteiger partial charge in [-0.05, 0) is 42.0 Å². The minimum absolute atomic E-state index is 0.116. The summed E-state index contributed by atoms with van der Waals surface area (Å²) in [4.78, 5) is 34.8. The van der Waals surface area contributed by atoms with Gasteiger partial charge in [-0.15, -0.1) is 0 Å². The summed E-state index contributed by atoms with van der Waals surface area (Å²) in [6.45, 7) is 3.69. The number of ether oxygens (including phenoxy) is 2. The Hall–Kier alpha value is -3.12. The van der Waals surface area contributed by atoms with Crippen molar-refractivity contribution in [2.75, 3.05) is 7.11 Å². The first kappa shape index (κ1) is 19.2. The number of hydrogen-bond donors (Lipinski definition) is 1. The molecule has 0 radical (unpaired) electrons. The van der Waals surface area contributed by atoms with E-state index in [1.807, 2.05) is 0 Å². The molecule has 0 saturated heterocycles. The molecule has 0 unspecified atom stereocenters. The molecule has 7 heteroatoms. The molecule has 2 rings (SSSR count). The van der Waals surface area contributed by atoms with E-state index in [9.17, 15) is 14.4 Å². The highest BCUT2D eigenvalue weighted by Crippen LogP contribution is 2.26. The van der Waals surface area contributed by atoms with Crippen molar-refractivity contribution in [3.05, 3.63) is 76.8 Å². The molecule has 0 bridgehead atoms. The quantitative estimate of drug-likeness (QED) is 0.478. The number of esters is 2. The maximum atomic E-state index is 12.2. The fraction of sp³-hybridized carbons (Fsp3) is 0.105. The summed E-state index contributed by atoms with van der Waals surface area (Å²) < 4.78 is 9.85. The minimum Gasteiger partial charge on any atom is -0.465 e. The van der Waals surface area contributed by atoms with Crippen LogP contribution in [0, 0.1) is 0 Å². The normalized spacial score (nSPS) is 9.92. The van der Waals surface area contributed by atoms with Crippen LogP contribution in [0.3, 0.4) is 0 Å². The van der Waals surface area contributed by atoms with Crippen molar-refractivity contribution < 1.29 is 23.9 Å². The molecule has 134 valence electrons. The SMILES string of the molecule is C=CC(=O)NCc1ccc(C(=O)Oc2ccc(C(=O)OC)cc2Cl)cc1. The second kappa shape index (κ2) is 8.82. The largest absolute Gasteiger partial charge is 0.465 e. The van der Waals surface area contributed by atoms with Crippen molar-refractivity contribution in [2.45, 2.75) is 6.54 Å². The average Bonchev–Trinajstić information content (AvgIpc) is 2.67. The number of rotatable bonds is 6. The molecule has 6 nitrogen and oxygen atoms in total. The van der Waals surface area contributed by atoms with E-state index in [2.05, 4.69) is 16.6 Å². The van der Waals surface area contributed by atoms with E-state index in [4.69, 9.17) is 16.3 Å². The number of nitrogens with one attached hydrogen (secondary N) is 1. The molecule has 0 saturated carbocycles. The molecule has 0 aliphatic carbocycles. The van der Waals surface area contributed by atoms with Gasteiger partial charge in [-0.2, -0.15) is 0 Å². The van der Waals surface area contributed by atoms with Gasteiger partial charge in [0, 0.05) is 6.54 Å². The molecule has 0 aromatic heterocycles. The summed E-state index contributed by atoms with van der Waals surface area (Å²) in [5, 5.41) is 2.75. The van der Waals surface area contributed by atoms with Crippen molar-refractivity contribution in [1.29, 1.82) is 0 Å².